The third kappa shape index (κ3) is 2.93. The second-order valence-electron chi connectivity index (χ2n) is 4.30. The van der Waals surface area contributed by atoms with Crippen LogP contribution in [0.15, 0.2) is 12.1 Å². The van der Waals surface area contributed by atoms with Gasteiger partial charge in [-0.15, -0.1) is 0 Å². The first kappa shape index (κ1) is 14.0. The first-order valence-electron chi connectivity index (χ1n) is 6.17. The molecule has 1 unspecified atom stereocenters. The SMILES string of the molecule is CCn1nc(C)cc1-c1cc(Cl)nc(C(C)OC)n1. The van der Waals surface area contributed by atoms with Crippen LogP contribution in [0.3, 0.4) is 0 Å². The zero-order valence-electron chi connectivity index (χ0n) is 11.5. The van der Waals surface area contributed by atoms with Crippen LogP contribution in [0.2, 0.25) is 5.15 Å². The van der Waals surface area contributed by atoms with Gasteiger partial charge in [0, 0.05) is 19.7 Å². The van der Waals surface area contributed by atoms with Gasteiger partial charge in [0.05, 0.1) is 17.1 Å². The highest BCUT2D eigenvalue weighted by atomic mass is 35.5. The minimum Gasteiger partial charge on any atom is -0.374 e. The lowest BCUT2D eigenvalue weighted by molar-refractivity contribution is 0.112. The number of hydrogen-bond donors (Lipinski definition) is 0. The lowest BCUT2D eigenvalue weighted by Crippen LogP contribution is -2.06. The molecule has 0 aliphatic carbocycles. The second-order valence-corrected chi connectivity index (χ2v) is 4.69. The first-order valence-corrected chi connectivity index (χ1v) is 6.55. The van der Waals surface area contributed by atoms with E-state index in [1.165, 1.54) is 0 Å². The van der Waals surface area contributed by atoms with Gasteiger partial charge < -0.3 is 4.74 Å². The van der Waals surface area contributed by atoms with Gasteiger partial charge in [-0.2, -0.15) is 5.10 Å². The fourth-order valence-corrected chi connectivity index (χ4v) is 2.04. The number of aromatic nitrogens is 4. The predicted octanol–water partition coefficient (Wildman–Crippen LogP) is 3.03. The van der Waals surface area contributed by atoms with Gasteiger partial charge >= 0.3 is 0 Å². The van der Waals surface area contributed by atoms with Crippen molar-refractivity contribution in [1.29, 1.82) is 0 Å². The third-order valence-corrected chi connectivity index (χ3v) is 3.09. The molecule has 6 heteroatoms. The van der Waals surface area contributed by atoms with Crippen LogP contribution in [0.5, 0.6) is 0 Å². The summed E-state index contributed by atoms with van der Waals surface area (Å²) in [6.45, 7) is 6.66. The molecule has 2 aromatic heterocycles. The maximum absolute atomic E-state index is 6.07. The Morgan fingerprint density at radius 3 is 2.74 bits per heavy atom. The maximum atomic E-state index is 6.07. The highest BCUT2D eigenvalue weighted by Crippen LogP contribution is 2.23. The monoisotopic (exact) mass is 280 g/mol. The molecule has 0 fully saturated rings. The molecular formula is C13H17ClN4O. The van der Waals surface area contributed by atoms with Crippen molar-refractivity contribution >= 4 is 11.6 Å². The van der Waals surface area contributed by atoms with E-state index >= 15 is 0 Å². The van der Waals surface area contributed by atoms with Crippen molar-refractivity contribution in [3.8, 4) is 11.4 Å². The molecule has 5 nitrogen and oxygen atoms in total. The Hall–Kier alpha value is -1.46. The minimum absolute atomic E-state index is 0.198. The van der Waals surface area contributed by atoms with Crippen molar-refractivity contribution in [3.63, 3.8) is 0 Å². The van der Waals surface area contributed by atoms with Crippen LogP contribution < -0.4 is 0 Å². The van der Waals surface area contributed by atoms with Gasteiger partial charge in [0.15, 0.2) is 5.82 Å². The molecule has 0 N–H and O–H groups in total. The molecule has 1 atom stereocenters. The van der Waals surface area contributed by atoms with Crippen LogP contribution in [0.4, 0.5) is 0 Å². The van der Waals surface area contributed by atoms with Crippen LogP contribution in [0.1, 0.15) is 31.5 Å². The molecule has 2 aromatic rings. The molecule has 0 radical (unpaired) electrons. The molecule has 0 aliphatic rings. The lowest BCUT2D eigenvalue weighted by atomic mass is 10.2. The molecule has 0 aliphatic heterocycles. The van der Waals surface area contributed by atoms with E-state index in [9.17, 15) is 0 Å². The summed E-state index contributed by atoms with van der Waals surface area (Å²) < 4.78 is 7.14. The van der Waals surface area contributed by atoms with Crippen molar-refractivity contribution in [2.24, 2.45) is 0 Å². The molecule has 0 bridgehead atoms. The van der Waals surface area contributed by atoms with Crippen LogP contribution in [0, 0.1) is 6.92 Å². The van der Waals surface area contributed by atoms with Gasteiger partial charge in [-0.25, -0.2) is 9.97 Å². The Morgan fingerprint density at radius 2 is 2.11 bits per heavy atom. The molecule has 2 heterocycles. The quantitative estimate of drug-likeness (QED) is 0.808. The molecule has 0 aromatic carbocycles. The molecular weight excluding hydrogens is 264 g/mol. The smallest absolute Gasteiger partial charge is 0.159 e. The second kappa shape index (κ2) is 5.67. The summed E-state index contributed by atoms with van der Waals surface area (Å²) in [5, 5.41) is 4.82. The highest BCUT2D eigenvalue weighted by Gasteiger charge is 2.14. The molecule has 0 saturated carbocycles. The zero-order chi connectivity index (χ0) is 14.0. The van der Waals surface area contributed by atoms with Crippen molar-refractivity contribution in [3.05, 3.63) is 28.8 Å². The Bertz CT molecular complexity index is 582. The summed E-state index contributed by atoms with van der Waals surface area (Å²) in [6, 6.07) is 3.74. The van der Waals surface area contributed by atoms with E-state index in [1.54, 1.807) is 13.2 Å². The molecule has 19 heavy (non-hydrogen) atoms. The molecule has 102 valence electrons. The van der Waals surface area contributed by atoms with Gasteiger partial charge in [0.1, 0.15) is 11.3 Å². The number of ether oxygens (including phenoxy) is 1. The first-order chi connectivity index (χ1) is 9.05. The summed E-state index contributed by atoms with van der Waals surface area (Å²) in [6.07, 6.45) is -0.198. The van der Waals surface area contributed by atoms with E-state index in [-0.39, 0.29) is 6.10 Å². The van der Waals surface area contributed by atoms with Gasteiger partial charge in [-0.3, -0.25) is 4.68 Å². The van der Waals surface area contributed by atoms with Gasteiger partial charge in [-0.05, 0) is 26.8 Å². The fraction of sp³-hybridized carbons (Fsp3) is 0.462. The Balaban J connectivity index is 2.52. The number of rotatable bonds is 4. The maximum Gasteiger partial charge on any atom is 0.159 e. The van der Waals surface area contributed by atoms with Gasteiger partial charge in [-0.1, -0.05) is 11.6 Å². The normalized spacial score (nSPS) is 12.7. The average Bonchev–Trinajstić information content (AvgIpc) is 2.78. The van der Waals surface area contributed by atoms with Crippen molar-refractivity contribution in [1.82, 2.24) is 19.7 Å². The Kier molecular flexibility index (Phi) is 4.17. The van der Waals surface area contributed by atoms with Crippen LogP contribution in [-0.4, -0.2) is 26.9 Å². The highest BCUT2D eigenvalue weighted by molar-refractivity contribution is 6.29. The Labute approximate surface area is 117 Å². The topological polar surface area (TPSA) is 52.8 Å². The standard InChI is InChI=1S/C13H17ClN4O/c1-5-18-11(6-8(2)17-18)10-7-12(14)16-13(15-10)9(3)19-4/h6-7,9H,5H2,1-4H3. The van der Waals surface area contributed by atoms with E-state index in [2.05, 4.69) is 15.1 Å². The number of nitrogens with zero attached hydrogens (tertiary/aromatic N) is 4. The zero-order valence-corrected chi connectivity index (χ0v) is 12.3. The van der Waals surface area contributed by atoms with E-state index in [1.807, 2.05) is 31.5 Å². The molecule has 0 spiro atoms. The minimum atomic E-state index is -0.198. The van der Waals surface area contributed by atoms with Crippen LogP contribution >= 0.6 is 11.6 Å². The van der Waals surface area contributed by atoms with E-state index < -0.39 is 0 Å². The molecule has 0 amide bonds. The van der Waals surface area contributed by atoms with Crippen LogP contribution in [-0.2, 0) is 11.3 Å². The predicted molar refractivity (Wildman–Crippen MR) is 74.1 cm³/mol. The Morgan fingerprint density at radius 1 is 1.37 bits per heavy atom. The summed E-state index contributed by atoms with van der Waals surface area (Å²) in [7, 11) is 1.62. The fourth-order valence-electron chi connectivity index (χ4n) is 1.85. The summed E-state index contributed by atoms with van der Waals surface area (Å²) in [5.41, 5.74) is 2.66. The largest absolute Gasteiger partial charge is 0.374 e. The molecule has 2 rings (SSSR count). The number of methoxy groups -OCH3 is 1. The van der Waals surface area contributed by atoms with Crippen LogP contribution in [0.25, 0.3) is 11.4 Å². The van der Waals surface area contributed by atoms with E-state index in [0.29, 0.717) is 11.0 Å². The van der Waals surface area contributed by atoms with Gasteiger partial charge in [0.2, 0.25) is 0 Å². The number of halogens is 1. The summed E-state index contributed by atoms with van der Waals surface area (Å²) in [4.78, 5) is 8.71. The van der Waals surface area contributed by atoms with Gasteiger partial charge in [0.25, 0.3) is 0 Å². The van der Waals surface area contributed by atoms with Crippen molar-refractivity contribution in [2.45, 2.75) is 33.4 Å². The van der Waals surface area contributed by atoms with Crippen molar-refractivity contribution < 1.29 is 4.74 Å². The number of hydrogen-bond acceptors (Lipinski definition) is 4. The summed E-state index contributed by atoms with van der Waals surface area (Å²) >= 11 is 6.07. The average molecular weight is 281 g/mol. The molecule has 0 saturated heterocycles. The summed E-state index contributed by atoms with van der Waals surface area (Å²) in [5.74, 6) is 0.575. The van der Waals surface area contributed by atoms with E-state index in [0.717, 1.165) is 23.6 Å². The number of aryl methyl sites for hydroxylation is 2. The lowest BCUT2D eigenvalue weighted by Gasteiger charge is -2.10. The third-order valence-electron chi connectivity index (χ3n) is 2.89. The van der Waals surface area contributed by atoms with E-state index in [4.69, 9.17) is 16.3 Å². The van der Waals surface area contributed by atoms with Crippen molar-refractivity contribution in [2.75, 3.05) is 7.11 Å².